The van der Waals surface area contributed by atoms with Crippen LogP contribution in [0.4, 0.5) is 4.79 Å². The number of amides is 5. The van der Waals surface area contributed by atoms with Gasteiger partial charge in [0.25, 0.3) is 5.91 Å². The summed E-state index contributed by atoms with van der Waals surface area (Å²) in [5.74, 6) is -3.49. The third kappa shape index (κ3) is 11.8. The van der Waals surface area contributed by atoms with E-state index in [0.29, 0.717) is 12.0 Å². The average Bonchev–Trinajstić information content (AvgIpc) is 3.87. The Bertz CT molecular complexity index is 1320. The van der Waals surface area contributed by atoms with E-state index in [1.165, 1.54) is 6.92 Å². The number of carbonyl (C=O) groups excluding carboxylic acids is 7. The Morgan fingerprint density at radius 2 is 1.36 bits per heavy atom. The molecule has 4 atom stereocenters. The number of hydrogen-bond donors (Lipinski definition) is 5. The van der Waals surface area contributed by atoms with Crippen LogP contribution in [0.3, 0.4) is 0 Å². The van der Waals surface area contributed by atoms with E-state index in [2.05, 4.69) is 26.6 Å². The fraction of sp³-hybridized carbons (Fsp3) is 0.618. The van der Waals surface area contributed by atoms with E-state index in [9.17, 15) is 33.6 Å². The molecular weight excluding hydrogens is 606 g/mol. The van der Waals surface area contributed by atoms with Gasteiger partial charge in [-0.3, -0.25) is 28.8 Å². The van der Waals surface area contributed by atoms with Crippen LogP contribution in [0.2, 0.25) is 0 Å². The van der Waals surface area contributed by atoms with E-state index in [1.54, 1.807) is 30.3 Å². The van der Waals surface area contributed by atoms with Crippen molar-refractivity contribution in [3.05, 3.63) is 35.9 Å². The van der Waals surface area contributed by atoms with E-state index in [0.717, 1.165) is 38.5 Å². The molecule has 13 heteroatoms. The molecule has 3 saturated carbocycles. The number of Topliss-reactive ketones (excluding diaryl/α,β-unsaturated/α-hetero) is 2. The minimum atomic E-state index is -1.14. The first-order chi connectivity index (χ1) is 22.4. The fourth-order valence-corrected chi connectivity index (χ4v) is 5.29. The lowest BCUT2D eigenvalue weighted by molar-refractivity contribution is -0.141. The van der Waals surface area contributed by atoms with Crippen molar-refractivity contribution in [3.63, 3.8) is 0 Å². The second-order valence-corrected chi connectivity index (χ2v) is 13.5. The van der Waals surface area contributed by atoms with Gasteiger partial charge < -0.3 is 31.3 Å². The number of nitrogens with one attached hydrogen (secondary N) is 5. The summed E-state index contributed by atoms with van der Waals surface area (Å²) in [7, 11) is 0. The molecule has 1 aromatic carbocycles. The molecule has 0 aliphatic heterocycles. The summed E-state index contributed by atoms with van der Waals surface area (Å²) in [4.78, 5) is 90.1. The minimum Gasteiger partial charge on any atom is -0.449 e. The molecule has 0 bridgehead atoms. The molecule has 0 saturated heterocycles. The number of carbonyl (C=O) groups is 7. The van der Waals surface area contributed by atoms with Crippen LogP contribution in [-0.4, -0.2) is 72.6 Å². The SMILES string of the molecule is CC(=O)[C@@H](NC(=O)CNC(=O)C(=O)C(CC1CC1)NC(=O)[C@H](CC1CC1)NC(=O)[C@@H](NC(=O)OCC(C)C)C1CC1)c1ccccc1. The van der Waals surface area contributed by atoms with Gasteiger partial charge in [0.2, 0.25) is 23.5 Å². The summed E-state index contributed by atoms with van der Waals surface area (Å²) in [5.41, 5.74) is 0.584. The van der Waals surface area contributed by atoms with Gasteiger partial charge in [0.1, 0.15) is 18.1 Å². The van der Waals surface area contributed by atoms with Crippen LogP contribution in [0.1, 0.15) is 83.7 Å². The van der Waals surface area contributed by atoms with Crippen molar-refractivity contribution in [3.8, 4) is 0 Å². The van der Waals surface area contributed by atoms with Gasteiger partial charge in [0.15, 0.2) is 5.78 Å². The standard InChI is InChI=1S/C34H47N5O8/c1-19(2)18-47-34(46)39-29(24-13-14-24)32(44)37-26(16-22-11-12-22)31(43)36-25(15-21-9-10-21)30(42)33(45)35-17-27(41)38-28(20(3)40)23-7-5-4-6-8-23/h4-8,19,21-22,24-26,28-29H,9-18H2,1-3H3,(H,35,45)(H,36,43)(H,37,44)(H,38,41)(H,39,46)/t25?,26-,28+,29-/m0/s1. The summed E-state index contributed by atoms with van der Waals surface area (Å²) < 4.78 is 5.19. The van der Waals surface area contributed by atoms with Crippen LogP contribution < -0.4 is 26.6 Å². The highest BCUT2D eigenvalue weighted by Crippen LogP contribution is 2.36. The van der Waals surface area contributed by atoms with Crippen molar-refractivity contribution in [1.82, 2.24) is 26.6 Å². The molecule has 0 aromatic heterocycles. The predicted molar refractivity (Wildman–Crippen MR) is 170 cm³/mol. The molecule has 47 heavy (non-hydrogen) atoms. The fourth-order valence-electron chi connectivity index (χ4n) is 5.29. The van der Waals surface area contributed by atoms with Crippen LogP contribution in [0.25, 0.3) is 0 Å². The molecular formula is C34H47N5O8. The molecule has 5 amide bonds. The first-order valence-electron chi connectivity index (χ1n) is 16.6. The van der Waals surface area contributed by atoms with E-state index in [-0.39, 0.29) is 42.5 Å². The molecule has 256 valence electrons. The largest absolute Gasteiger partial charge is 0.449 e. The first-order valence-corrected chi connectivity index (χ1v) is 16.6. The van der Waals surface area contributed by atoms with Crippen molar-refractivity contribution < 1.29 is 38.3 Å². The Labute approximate surface area is 275 Å². The average molecular weight is 654 g/mol. The zero-order chi connectivity index (χ0) is 34.1. The van der Waals surface area contributed by atoms with E-state index in [4.69, 9.17) is 4.74 Å². The van der Waals surface area contributed by atoms with Crippen molar-refractivity contribution in [2.75, 3.05) is 13.2 Å². The summed E-state index contributed by atoms with van der Waals surface area (Å²) in [5, 5.41) is 13.0. The molecule has 0 radical (unpaired) electrons. The Kier molecular flexibility index (Phi) is 12.5. The van der Waals surface area contributed by atoms with Gasteiger partial charge in [0.05, 0.1) is 19.2 Å². The lowest BCUT2D eigenvalue weighted by Crippen LogP contribution is -2.57. The molecule has 5 N–H and O–H groups in total. The van der Waals surface area contributed by atoms with Crippen LogP contribution >= 0.6 is 0 Å². The van der Waals surface area contributed by atoms with Crippen molar-refractivity contribution in [2.45, 2.75) is 96.3 Å². The van der Waals surface area contributed by atoms with Crippen molar-refractivity contribution in [2.24, 2.45) is 23.7 Å². The molecule has 1 unspecified atom stereocenters. The molecule has 4 rings (SSSR count). The normalized spacial score (nSPS) is 18.1. The molecule has 3 aliphatic rings. The predicted octanol–water partition coefficient (Wildman–Crippen LogP) is 1.85. The van der Waals surface area contributed by atoms with Gasteiger partial charge in [-0.05, 0) is 61.8 Å². The Morgan fingerprint density at radius 3 is 1.91 bits per heavy atom. The minimum absolute atomic E-state index is 0.0604. The molecule has 1 aromatic rings. The van der Waals surface area contributed by atoms with Crippen molar-refractivity contribution >= 4 is 41.3 Å². The molecule has 13 nitrogen and oxygen atoms in total. The van der Waals surface area contributed by atoms with Gasteiger partial charge >= 0.3 is 6.09 Å². The number of rotatable bonds is 19. The van der Waals surface area contributed by atoms with Crippen molar-refractivity contribution in [1.29, 1.82) is 0 Å². The summed E-state index contributed by atoms with van der Waals surface area (Å²) >= 11 is 0. The Morgan fingerprint density at radius 1 is 0.766 bits per heavy atom. The maximum Gasteiger partial charge on any atom is 0.407 e. The smallest absolute Gasteiger partial charge is 0.407 e. The maximum atomic E-state index is 13.6. The van der Waals surface area contributed by atoms with Crippen LogP contribution in [-0.2, 0) is 33.5 Å². The third-order valence-corrected chi connectivity index (χ3v) is 8.47. The zero-order valence-corrected chi connectivity index (χ0v) is 27.3. The number of ether oxygens (including phenoxy) is 1. The van der Waals surface area contributed by atoms with Crippen LogP contribution in [0.5, 0.6) is 0 Å². The Balaban J connectivity index is 1.35. The topological polar surface area (TPSA) is 189 Å². The van der Waals surface area contributed by atoms with E-state index < -0.39 is 66.2 Å². The monoisotopic (exact) mass is 653 g/mol. The molecule has 3 fully saturated rings. The highest BCUT2D eigenvalue weighted by molar-refractivity contribution is 6.38. The van der Waals surface area contributed by atoms with Crippen LogP contribution in [0, 0.1) is 23.7 Å². The molecule has 0 heterocycles. The molecule has 3 aliphatic carbocycles. The zero-order valence-electron chi connectivity index (χ0n) is 27.3. The second-order valence-electron chi connectivity index (χ2n) is 13.5. The third-order valence-electron chi connectivity index (χ3n) is 8.47. The van der Waals surface area contributed by atoms with Gasteiger partial charge in [-0.15, -0.1) is 0 Å². The van der Waals surface area contributed by atoms with Gasteiger partial charge in [-0.1, -0.05) is 69.9 Å². The lowest BCUT2D eigenvalue weighted by atomic mass is 10.0. The van der Waals surface area contributed by atoms with Gasteiger partial charge in [0, 0.05) is 0 Å². The van der Waals surface area contributed by atoms with E-state index in [1.807, 2.05) is 13.8 Å². The number of ketones is 2. The second kappa shape index (κ2) is 16.5. The summed E-state index contributed by atoms with van der Waals surface area (Å²) in [6.07, 6.45) is 4.98. The highest BCUT2D eigenvalue weighted by atomic mass is 16.5. The number of benzene rings is 1. The highest BCUT2D eigenvalue weighted by Gasteiger charge is 2.41. The Hall–Kier alpha value is -4.29. The molecule has 0 spiro atoms. The number of alkyl carbamates (subject to hydrolysis) is 1. The van der Waals surface area contributed by atoms with Gasteiger partial charge in [-0.2, -0.15) is 0 Å². The number of hydrogen-bond acceptors (Lipinski definition) is 8. The van der Waals surface area contributed by atoms with Gasteiger partial charge in [-0.25, -0.2) is 4.79 Å². The lowest BCUT2D eigenvalue weighted by Gasteiger charge is -2.25. The summed E-state index contributed by atoms with van der Waals surface area (Å²) in [6.45, 7) is 4.81. The summed E-state index contributed by atoms with van der Waals surface area (Å²) in [6, 6.07) is 4.78. The quantitative estimate of drug-likeness (QED) is 0.140. The van der Waals surface area contributed by atoms with Crippen LogP contribution in [0.15, 0.2) is 30.3 Å². The van der Waals surface area contributed by atoms with E-state index >= 15 is 0 Å². The maximum absolute atomic E-state index is 13.6. The first kappa shape index (κ1) is 35.6.